The average Bonchev–Trinajstić information content (AvgIpc) is 3.03. The Balaban J connectivity index is 1.62. The smallest absolute Gasteiger partial charge is 0.387 e. The Bertz CT molecular complexity index is 1010. The number of anilines is 1. The van der Waals surface area contributed by atoms with Crippen LogP contribution in [0.25, 0.3) is 11.4 Å². The Morgan fingerprint density at radius 3 is 2.55 bits per heavy atom. The zero-order valence-corrected chi connectivity index (χ0v) is 15.7. The molecule has 0 unspecified atom stereocenters. The number of carbonyl (C=O) groups is 1. The highest BCUT2D eigenvalue weighted by molar-refractivity contribution is 7.99. The van der Waals surface area contributed by atoms with Gasteiger partial charge in [0.05, 0.1) is 11.4 Å². The third kappa shape index (κ3) is 5.25. The van der Waals surface area contributed by atoms with Crippen LogP contribution >= 0.6 is 11.8 Å². The lowest BCUT2D eigenvalue weighted by Gasteiger charge is -2.07. The second-order valence-corrected chi connectivity index (χ2v) is 6.67. The minimum Gasteiger partial charge on any atom is -0.435 e. The fraction of sp³-hybridized carbons (Fsp3) is 0.167. The van der Waals surface area contributed by atoms with Crippen molar-refractivity contribution < 1.29 is 27.1 Å². The van der Waals surface area contributed by atoms with E-state index in [4.69, 9.17) is 0 Å². The number of alkyl halides is 2. The molecule has 1 heterocycles. The van der Waals surface area contributed by atoms with Gasteiger partial charge in [0.1, 0.15) is 17.4 Å². The molecule has 1 amide bonds. The van der Waals surface area contributed by atoms with E-state index in [1.807, 2.05) is 0 Å². The van der Waals surface area contributed by atoms with Crippen LogP contribution in [0, 0.1) is 11.6 Å². The summed E-state index contributed by atoms with van der Waals surface area (Å²) in [5.74, 6) is -1.71. The SMILES string of the molecule is Cn1c(SCC(=O)Nc2ccc(F)cc2F)nnc1-c1ccc(OC(F)F)cc1. The van der Waals surface area contributed by atoms with Crippen molar-refractivity contribution in [2.45, 2.75) is 11.8 Å². The first-order valence-electron chi connectivity index (χ1n) is 8.16. The lowest BCUT2D eigenvalue weighted by atomic mass is 10.2. The predicted octanol–water partition coefficient (Wildman–Crippen LogP) is 4.09. The Labute approximate surface area is 166 Å². The van der Waals surface area contributed by atoms with E-state index in [-0.39, 0.29) is 17.2 Å². The second-order valence-electron chi connectivity index (χ2n) is 5.73. The van der Waals surface area contributed by atoms with Gasteiger partial charge in [0, 0.05) is 18.7 Å². The van der Waals surface area contributed by atoms with Gasteiger partial charge in [-0.3, -0.25) is 4.79 Å². The van der Waals surface area contributed by atoms with Crippen LogP contribution in [-0.2, 0) is 11.8 Å². The molecule has 1 aromatic heterocycles. The number of thioether (sulfide) groups is 1. The van der Waals surface area contributed by atoms with Gasteiger partial charge in [0.2, 0.25) is 5.91 Å². The van der Waals surface area contributed by atoms with E-state index in [1.54, 1.807) is 23.7 Å². The number of rotatable bonds is 7. The van der Waals surface area contributed by atoms with Gasteiger partial charge in [-0.25, -0.2) is 8.78 Å². The number of nitrogens with zero attached hydrogens (tertiary/aromatic N) is 3. The molecule has 0 aliphatic carbocycles. The standard InChI is InChI=1S/C18H14F4N4O2S/c1-26-16(10-2-5-12(6-3-10)28-17(21)22)24-25-18(26)29-9-15(27)23-14-7-4-11(19)8-13(14)20/h2-8,17H,9H2,1H3,(H,23,27). The molecule has 3 aromatic rings. The molecule has 152 valence electrons. The summed E-state index contributed by atoms with van der Waals surface area (Å²) in [5, 5.41) is 10.8. The molecule has 1 N–H and O–H groups in total. The van der Waals surface area contributed by atoms with E-state index in [0.29, 0.717) is 22.6 Å². The van der Waals surface area contributed by atoms with E-state index >= 15 is 0 Å². The number of aromatic nitrogens is 3. The molecule has 0 radical (unpaired) electrons. The topological polar surface area (TPSA) is 69.0 Å². The van der Waals surface area contributed by atoms with Crippen molar-refractivity contribution in [3.05, 3.63) is 54.1 Å². The van der Waals surface area contributed by atoms with E-state index < -0.39 is 24.2 Å². The third-order valence-corrected chi connectivity index (χ3v) is 4.73. The van der Waals surface area contributed by atoms with E-state index in [1.165, 1.54) is 12.1 Å². The Hall–Kier alpha value is -3.08. The minimum absolute atomic E-state index is 0.0187. The molecule has 0 aliphatic heterocycles. The molecule has 0 spiro atoms. The van der Waals surface area contributed by atoms with Crippen LogP contribution in [0.3, 0.4) is 0 Å². The fourth-order valence-corrected chi connectivity index (χ4v) is 3.10. The van der Waals surface area contributed by atoms with E-state index in [9.17, 15) is 22.4 Å². The summed E-state index contributed by atoms with van der Waals surface area (Å²) in [6.45, 7) is -2.91. The lowest BCUT2D eigenvalue weighted by molar-refractivity contribution is -0.113. The highest BCUT2D eigenvalue weighted by Gasteiger charge is 2.14. The van der Waals surface area contributed by atoms with Crippen LogP contribution < -0.4 is 10.1 Å². The summed E-state index contributed by atoms with van der Waals surface area (Å²) in [6.07, 6.45) is 0. The molecule has 29 heavy (non-hydrogen) atoms. The van der Waals surface area contributed by atoms with Crippen LogP contribution in [0.5, 0.6) is 5.75 Å². The largest absolute Gasteiger partial charge is 0.435 e. The van der Waals surface area contributed by atoms with E-state index in [2.05, 4.69) is 20.3 Å². The van der Waals surface area contributed by atoms with Gasteiger partial charge < -0.3 is 14.6 Å². The molecule has 6 nitrogen and oxygen atoms in total. The van der Waals surface area contributed by atoms with Gasteiger partial charge in [-0.1, -0.05) is 11.8 Å². The molecule has 0 atom stereocenters. The summed E-state index contributed by atoms with van der Waals surface area (Å²) >= 11 is 1.07. The number of hydrogen-bond donors (Lipinski definition) is 1. The highest BCUT2D eigenvalue weighted by Crippen LogP contribution is 2.25. The molecule has 11 heteroatoms. The van der Waals surface area contributed by atoms with Crippen LogP contribution in [0.15, 0.2) is 47.6 Å². The van der Waals surface area contributed by atoms with Gasteiger partial charge >= 0.3 is 6.61 Å². The van der Waals surface area contributed by atoms with Crippen molar-refractivity contribution >= 4 is 23.4 Å². The first-order valence-corrected chi connectivity index (χ1v) is 9.14. The number of halogens is 4. The van der Waals surface area contributed by atoms with Crippen molar-refractivity contribution in [1.82, 2.24) is 14.8 Å². The number of benzene rings is 2. The van der Waals surface area contributed by atoms with Gasteiger partial charge in [-0.05, 0) is 36.4 Å². The van der Waals surface area contributed by atoms with Gasteiger partial charge in [0.15, 0.2) is 11.0 Å². The summed E-state index contributed by atoms with van der Waals surface area (Å²) < 4.78 is 56.8. The summed E-state index contributed by atoms with van der Waals surface area (Å²) in [5.41, 5.74) is 0.494. The van der Waals surface area contributed by atoms with Crippen LogP contribution in [0.1, 0.15) is 0 Å². The molecule has 3 rings (SSSR count). The van der Waals surface area contributed by atoms with Crippen molar-refractivity contribution in [3.8, 4) is 17.1 Å². The van der Waals surface area contributed by atoms with E-state index in [0.717, 1.165) is 23.9 Å². The first-order chi connectivity index (χ1) is 13.8. The van der Waals surface area contributed by atoms with Crippen LogP contribution in [0.4, 0.5) is 23.2 Å². The van der Waals surface area contributed by atoms with Crippen molar-refractivity contribution in [2.24, 2.45) is 7.05 Å². The van der Waals surface area contributed by atoms with Crippen molar-refractivity contribution in [1.29, 1.82) is 0 Å². The summed E-state index contributed by atoms with van der Waals surface area (Å²) in [4.78, 5) is 12.0. The average molecular weight is 426 g/mol. The number of ether oxygens (including phenoxy) is 1. The Morgan fingerprint density at radius 2 is 1.90 bits per heavy atom. The predicted molar refractivity (Wildman–Crippen MR) is 98.8 cm³/mol. The van der Waals surface area contributed by atoms with Gasteiger partial charge in [-0.15, -0.1) is 10.2 Å². The Morgan fingerprint density at radius 1 is 1.17 bits per heavy atom. The number of hydrogen-bond acceptors (Lipinski definition) is 5. The lowest BCUT2D eigenvalue weighted by Crippen LogP contribution is -2.15. The normalized spacial score (nSPS) is 11.0. The highest BCUT2D eigenvalue weighted by atomic mass is 32.2. The van der Waals surface area contributed by atoms with Crippen molar-refractivity contribution in [2.75, 3.05) is 11.1 Å². The monoisotopic (exact) mass is 426 g/mol. The summed E-state index contributed by atoms with van der Waals surface area (Å²) in [6, 6.07) is 8.73. The maximum absolute atomic E-state index is 13.6. The zero-order valence-electron chi connectivity index (χ0n) is 14.9. The molecule has 0 fully saturated rings. The molecule has 0 saturated heterocycles. The molecule has 0 bridgehead atoms. The molecule has 2 aromatic carbocycles. The fourth-order valence-electron chi connectivity index (χ4n) is 2.38. The van der Waals surface area contributed by atoms with Crippen LogP contribution in [0.2, 0.25) is 0 Å². The molecule has 0 saturated carbocycles. The molecular formula is C18H14F4N4O2S. The van der Waals surface area contributed by atoms with Crippen LogP contribution in [-0.4, -0.2) is 33.0 Å². The maximum Gasteiger partial charge on any atom is 0.387 e. The quantitative estimate of drug-likeness (QED) is 0.455. The molecule has 0 aliphatic rings. The maximum atomic E-state index is 13.6. The molecular weight excluding hydrogens is 412 g/mol. The van der Waals surface area contributed by atoms with Gasteiger partial charge in [-0.2, -0.15) is 8.78 Å². The summed E-state index contributed by atoms with van der Waals surface area (Å²) in [7, 11) is 1.68. The zero-order chi connectivity index (χ0) is 21.0. The van der Waals surface area contributed by atoms with Gasteiger partial charge in [0.25, 0.3) is 0 Å². The third-order valence-electron chi connectivity index (χ3n) is 3.71. The number of amides is 1. The second kappa shape index (κ2) is 8.95. The number of carbonyl (C=O) groups excluding carboxylic acids is 1. The van der Waals surface area contributed by atoms with Crippen molar-refractivity contribution in [3.63, 3.8) is 0 Å². The Kier molecular flexibility index (Phi) is 6.37. The first kappa shape index (κ1) is 20.6. The minimum atomic E-state index is -2.91. The number of nitrogens with one attached hydrogen (secondary N) is 1.